The summed E-state index contributed by atoms with van der Waals surface area (Å²) in [5, 5.41) is 1.62. The third-order valence-corrected chi connectivity index (χ3v) is 7.43. The number of rotatable bonds is 5. The molecule has 3 aromatic rings. The molecule has 0 N–H and O–H groups in total. The monoisotopic (exact) mass is 488 g/mol. The SMILES string of the molecule is O=C(c1c(Cl)cccc1Cl)P(C(=O)c1c(Cl)cccc1Cl)c1ccc(Cl)cc1. The molecule has 0 saturated heterocycles. The quantitative estimate of drug-likeness (QED) is 0.343. The molecule has 0 amide bonds. The Bertz CT molecular complexity index is 963. The smallest absolute Gasteiger partial charge is 0.199 e. The molecule has 0 aliphatic rings. The first-order valence-electron chi connectivity index (χ1n) is 7.83. The van der Waals surface area contributed by atoms with E-state index >= 15 is 0 Å². The van der Waals surface area contributed by atoms with Crippen LogP contribution in [0.1, 0.15) is 20.7 Å². The summed E-state index contributed by atoms with van der Waals surface area (Å²) in [5.74, 6) is 0. The van der Waals surface area contributed by atoms with E-state index in [9.17, 15) is 9.59 Å². The number of hydrogen-bond donors (Lipinski definition) is 0. The summed E-state index contributed by atoms with van der Waals surface area (Å²) in [5.41, 5.74) is -0.811. The first-order valence-corrected chi connectivity index (χ1v) is 11.1. The Balaban J connectivity index is 2.20. The van der Waals surface area contributed by atoms with E-state index in [1.165, 1.54) is 0 Å². The summed E-state index contributed by atoms with van der Waals surface area (Å²) in [4.78, 5) is 26.9. The third kappa shape index (κ3) is 4.39. The van der Waals surface area contributed by atoms with Crippen molar-refractivity contribution in [3.8, 4) is 0 Å². The van der Waals surface area contributed by atoms with E-state index in [4.69, 9.17) is 58.0 Å². The second-order valence-corrected chi connectivity index (χ2v) is 9.68. The van der Waals surface area contributed by atoms with E-state index in [0.29, 0.717) is 10.3 Å². The molecule has 0 aliphatic carbocycles. The third-order valence-electron chi connectivity index (χ3n) is 3.84. The number of carbonyl (C=O) groups is 2. The molecule has 0 bridgehead atoms. The highest BCUT2D eigenvalue weighted by Crippen LogP contribution is 2.47. The van der Waals surface area contributed by atoms with Crippen LogP contribution in [0.5, 0.6) is 0 Å². The van der Waals surface area contributed by atoms with E-state index in [1.807, 2.05) is 0 Å². The molecule has 28 heavy (non-hydrogen) atoms. The summed E-state index contributed by atoms with van der Waals surface area (Å²) in [7, 11) is -2.08. The molecule has 3 aromatic carbocycles. The topological polar surface area (TPSA) is 34.1 Å². The lowest BCUT2D eigenvalue weighted by Gasteiger charge is -2.18. The maximum Gasteiger partial charge on any atom is 0.199 e. The van der Waals surface area contributed by atoms with Crippen molar-refractivity contribution in [1.29, 1.82) is 0 Å². The zero-order chi connectivity index (χ0) is 20.4. The Labute approximate surface area is 188 Å². The molecule has 8 heteroatoms. The van der Waals surface area contributed by atoms with E-state index in [2.05, 4.69) is 0 Å². The van der Waals surface area contributed by atoms with Crippen LogP contribution < -0.4 is 5.30 Å². The van der Waals surface area contributed by atoms with Gasteiger partial charge in [0.05, 0.1) is 39.1 Å². The summed E-state index contributed by atoms with van der Waals surface area (Å²) >= 11 is 30.8. The van der Waals surface area contributed by atoms with Crippen molar-refractivity contribution in [2.75, 3.05) is 0 Å². The van der Waals surface area contributed by atoms with Gasteiger partial charge in [-0.1, -0.05) is 82.3 Å². The zero-order valence-corrected chi connectivity index (χ0v) is 18.6. The lowest BCUT2D eigenvalue weighted by molar-refractivity contribution is 0.105. The highest BCUT2D eigenvalue weighted by molar-refractivity contribution is 7.96. The van der Waals surface area contributed by atoms with Crippen molar-refractivity contribution in [2.45, 2.75) is 0 Å². The minimum Gasteiger partial charge on any atom is -0.288 e. The van der Waals surface area contributed by atoms with Gasteiger partial charge in [-0.3, -0.25) is 9.59 Å². The van der Waals surface area contributed by atoms with E-state index in [1.54, 1.807) is 60.7 Å². The van der Waals surface area contributed by atoms with Gasteiger partial charge in [0.1, 0.15) is 0 Å². The van der Waals surface area contributed by atoms with Crippen molar-refractivity contribution >= 4 is 82.3 Å². The van der Waals surface area contributed by atoms with Crippen LogP contribution in [0.25, 0.3) is 0 Å². The average Bonchev–Trinajstić information content (AvgIpc) is 2.63. The van der Waals surface area contributed by atoms with Crippen molar-refractivity contribution < 1.29 is 9.59 Å². The molecule has 0 aliphatic heterocycles. The van der Waals surface area contributed by atoms with Crippen molar-refractivity contribution in [2.24, 2.45) is 0 Å². The van der Waals surface area contributed by atoms with Gasteiger partial charge < -0.3 is 0 Å². The molecule has 2 nitrogen and oxygen atoms in total. The molecular formula is C20H10Cl5O2P. The van der Waals surface area contributed by atoms with Crippen LogP contribution >= 0.6 is 65.9 Å². The molecule has 0 radical (unpaired) electrons. The van der Waals surface area contributed by atoms with Crippen LogP contribution in [0.4, 0.5) is 0 Å². The molecule has 142 valence electrons. The first-order chi connectivity index (χ1) is 13.3. The summed E-state index contributed by atoms with van der Waals surface area (Å²) in [6, 6.07) is 15.9. The number of hydrogen-bond acceptors (Lipinski definition) is 2. The average molecular weight is 491 g/mol. The van der Waals surface area contributed by atoms with Crippen molar-refractivity contribution in [3.05, 3.63) is 96.9 Å². The second kappa shape index (κ2) is 9.13. The standard InChI is InChI=1S/C20H10Cl5O2P/c21-11-7-9-12(10-8-11)28(19(26)17-13(22)3-1-4-14(17)23)20(27)18-15(24)5-2-6-16(18)25/h1-10H. The van der Waals surface area contributed by atoms with Gasteiger partial charge >= 0.3 is 0 Å². The van der Waals surface area contributed by atoms with Crippen molar-refractivity contribution in [3.63, 3.8) is 0 Å². The van der Waals surface area contributed by atoms with E-state index in [0.717, 1.165) is 0 Å². The lowest BCUT2D eigenvalue weighted by Crippen LogP contribution is -2.17. The Morgan fingerprint density at radius 3 is 1.29 bits per heavy atom. The largest absolute Gasteiger partial charge is 0.288 e. The number of benzene rings is 3. The van der Waals surface area contributed by atoms with Gasteiger partial charge in [-0.25, -0.2) is 0 Å². The minimum atomic E-state index is -2.08. The minimum absolute atomic E-state index is 0.0865. The van der Waals surface area contributed by atoms with Gasteiger partial charge in [0.15, 0.2) is 11.0 Å². The van der Waals surface area contributed by atoms with Crippen LogP contribution in [0, 0.1) is 0 Å². The van der Waals surface area contributed by atoms with E-state index < -0.39 is 19.0 Å². The van der Waals surface area contributed by atoms with Crippen LogP contribution in [-0.4, -0.2) is 11.0 Å². The molecule has 0 aromatic heterocycles. The predicted molar refractivity (Wildman–Crippen MR) is 120 cm³/mol. The maximum absolute atomic E-state index is 13.4. The van der Waals surface area contributed by atoms with E-state index in [-0.39, 0.29) is 31.2 Å². The molecule has 0 unspecified atom stereocenters. The van der Waals surface area contributed by atoms with Crippen LogP contribution in [0.2, 0.25) is 25.1 Å². The molecule has 0 saturated carbocycles. The van der Waals surface area contributed by atoms with Gasteiger partial charge in [0, 0.05) is 5.02 Å². The Kier molecular flexibility index (Phi) is 7.04. The van der Waals surface area contributed by atoms with Crippen LogP contribution in [-0.2, 0) is 0 Å². The Hall–Kier alpha value is -1.12. The molecule has 0 heterocycles. The lowest BCUT2D eigenvalue weighted by atomic mass is 10.2. The summed E-state index contributed by atoms with van der Waals surface area (Å²) in [6.45, 7) is 0. The van der Waals surface area contributed by atoms with Crippen molar-refractivity contribution in [1.82, 2.24) is 0 Å². The van der Waals surface area contributed by atoms with Gasteiger partial charge in [-0.05, 0) is 41.7 Å². The molecule has 0 fully saturated rings. The maximum atomic E-state index is 13.4. The second-order valence-electron chi connectivity index (χ2n) is 5.62. The normalized spacial score (nSPS) is 10.9. The summed E-state index contributed by atoms with van der Waals surface area (Å²) < 4.78 is 0. The van der Waals surface area contributed by atoms with Crippen LogP contribution in [0.3, 0.4) is 0 Å². The number of halogens is 5. The summed E-state index contributed by atoms with van der Waals surface area (Å²) in [6.07, 6.45) is 0. The first kappa shape index (κ1) is 21.6. The highest BCUT2D eigenvalue weighted by Gasteiger charge is 2.34. The fourth-order valence-corrected chi connectivity index (χ4v) is 6.10. The molecule has 0 atom stereocenters. The highest BCUT2D eigenvalue weighted by atomic mass is 35.5. The Morgan fingerprint density at radius 2 is 0.929 bits per heavy atom. The van der Waals surface area contributed by atoms with Crippen LogP contribution in [0.15, 0.2) is 60.7 Å². The molecule has 3 rings (SSSR count). The van der Waals surface area contributed by atoms with Gasteiger partial charge in [0.2, 0.25) is 0 Å². The van der Waals surface area contributed by atoms with Gasteiger partial charge in [-0.2, -0.15) is 0 Å². The fourth-order valence-electron chi connectivity index (χ4n) is 2.54. The zero-order valence-electron chi connectivity index (χ0n) is 13.9. The Morgan fingerprint density at radius 1 is 0.571 bits per heavy atom. The molecule has 0 spiro atoms. The number of carbonyl (C=O) groups excluding carboxylic acids is 2. The molecular weight excluding hydrogens is 480 g/mol. The van der Waals surface area contributed by atoms with Gasteiger partial charge in [0.25, 0.3) is 0 Å². The van der Waals surface area contributed by atoms with Gasteiger partial charge in [-0.15, -0.1) is 0 Å². The predicted octanol–water partition coefficient (Wildman–Crippen LogP) is 7.74. The fraction of sp³-hybridized carbons (Fsp3) is 0.